The van der Waals surface area contributed by atoms with E-state index in [2.05, 4.69) is 26.5 Å². The monoisotopic (exact) mass is 248 g/mol. The predicted molar refractivity (Wildman–Crippen MR) is 67.7 cm³/mol. The molecule has 1 saturated carbocycles. The highest BCUT2D eigenvalue weighted by Crippen LogP contribution is 2.55. The summed E-state index contributed by atoms with van der Waals surface area (Å²) in [4.78, 5) is 11.6. The molecule has 1 saturated heterocycles. The Balaban J connectivity index is 2.04. The van der Waals surface area contributed by atoms with Crippen LogP contribution in [0.3, 0.4) is 0 Å². The molecular formula is C15H20O3. The summed E-state index contributed by atoms with van der Waals surface area (Å²) < 4.78 is 5.34. The van der Waals surface area contributed by atoms with E-state index in [4.69, 9.17) is 4.74 Å². The lowest BCUT2D eigenvalue weighted by Crippen LogP contribution is -2.52. The van der Waals surface area contributed by atoms with E-state index in [1.807, 2.05) is 0 Å². The molecule has 3 heteroatoms. The molecule has 1 aliphatic heterocycles. The number of carbonyl (C=O) groups excluding carboxylic acids is 1. The van der Waals surface area contributed by atoms with Crippen molar-refractivity contribution >= 4 is 5.97 Å². The van der Waals surface area contributed by atoms with Crippen LogP contribution < -0.4 is 0 Å². The third-order valence-electron chi connectivity index (χ3n) is 5.41. The molecule has 0 spiro atoms. The van der Waals surface area contributed by atoms with Crippen molar-refractivity contribution in [3.8, 4) is 0 Å². The van der Waals surface area contributed by atoms with Gasteiger partial charge in [-0.25, -0.2) is 4.79 Å². The second kappa shape index (κ2) is 3.70. The zero-order valence-electron chi connectivity index (χ0n) is 11.0. The highest BCUT2D eigenvalue weighted by atomic mass is 16.6. The minimum Gasteiger partial charge on any atom is -0.458 e. The van der Waals surface area contributed by atoms with E-state index in [1.165, 1.54) is 5.57 Å². The zero-order chi connectivity index (χ0) is 13.1. The molecule has 3 nitrogen and oxygen atoms in total. The number of carbonyl (C=O) groups is 1. The van der Waals surface area contributed by atoms with Crippen LogP contribution in [-0.4, -0.2) is 23.3 Å². The first-order valence-corrected chi connectivity index (χ1v) is 6.73. The molecule has 2 aliphatic carbocycles. The van der Waals surface area contributed by atoms with Crippen LogP contribution in [0.2, 0.25) is 0 Å². The van der Waals surface area contributed by atoms with Gasteiger partial charge in [0, 0.05) is 17.4 Å². The van der Waals surface area contributed by atoms with E-state index in [9.17, 15) is 9.90 Å². The average Bonchev–Trinajstić information content (AvgIpc) is 2.60. The maximum Gasteiger partial charge on any atom is 0.334 e. The number of ether oxygens (including phenoxy) is 1. The van der Waals surface area contributed by atoms with Gasteiger partial charge in [0.25, 0.3) is 0 Å². The molecular weight excluding hydrogens is 228 g/mol. The third-order valence-corrected chi connectivity index (χ3v) is 5.41. The van der Waals surface area contributed by atoms with Crippen LogP contribution in [0.1, 0.15) is 33.1 Å². The number of aliphatic hydroxyl groups excluding tert-OH is 1. The number of hydrogen-bond acceptors (Lipinski definition) is 3. The first-order chi connectivity index (χ1) is 8.46. The van der Waals surface area contributed by atoms with Gasteiger partial charge in [0.15, 0.2) is 0 Å². The minimum absolute atomic E-state index is 0.204. The smallest absolute Gasteiger partial charge is 0.334 e. The van der Waals surface area contributed by atoms with Crippen molar-refractivity contribution in [2.75, 3.05) is 0 Å². The van der Waals surface area contributed by atoms with Gasteiger partial charge in [-0.15, -0.1) is 0 Å². The number of allylic oxidation sites excluding steroid dienone is 1. The van der Waals surface area contributed by atoms with E-state index in [-0.39, 0.29) is 23.4 Å². The van der Waals surface area contributed by atoms with Gasteiger partial charge in [0.1, 0.15) is 6.10 Å². The first kappa shape index (κ1) is 12.0. The molecule has 0 amide bonds. The molecule has 2 unspecified atom stereocenters. The van der Waals surface area contributed by atoms with Crippen molar-refractivity contribution in [1.82, 2.24) is 0 Å². The molecule has 18 heavy (non-hydrogen) atoms. The summed E-state index contributed by atoms with van der Waals surface area (Å²) in [5, 5.41) is 10.8. The fraction of sp³-hybridized carbons (Fsp3) is 0.667. The van der Waals surface area contributed by atoms with Crippen molar-refractivity contribution in [2.45, 2.75) is 45.3 Å². The van der Waals surface area contributed by atoms with E-state index in [1.54, 1.807) is 0 Å². The zero-order valence-corrected chi connectivity index (χ0v) is 11.0. The molecule has 1 heterocycles. The van der Waals surface area contributed by atoms with Gasteiger partial charge in [0.05, 0.1) is 12.0 Å². The number of aliphatic hydroxyl groups is 1. The molecule has 2 fully saturated rings. The second-order valence-corrected chi connectivity index (χ2v) is 6.13. The fourth-order valence-corrected chi connectivity index (χ4v) is 3.93. The maximum absolute atomic E-state index is 11.6. The number of esters is 1. The number of rotatable bonds is 0. The fourth-order valence-electron chi connectivity index (χ4n) is 3.93. The molecule has 98 valence electrons. The summed E-state index contributed by atoms with van der Waals surface area (Å²) in [5.41, 5.74) is 1.49. The van der Waals surface area contributed by atoms with Gasteiger partial charge in [-0.3, -0.25) is 0 Å². The van der Waals surface area contributed by atoms with Crippen LogP contribution in [-0.2, 0) is 9.53 Å². The van der Waals surface area contributed by atoms with Gasteiger partial charge in [0.2, 0.25) is 0 Å². The van der Waals surface area contributed by atoms with Gasteiger partial charge < -0.3 is 9.84 Å². The topological polar surface area (TPSA) is 46.5 Å². The third kappa shape index (κ3) is 1.31. The largest absolute Gasteiger partial charge is 0.458 e. The maximum atomic E-state index is 11.6. The Kier molecular flexibility index (Phi) is 2.46. The Labute approximate surface area is 108 Å². The Hall–Kier alpha value is -1.09. The van der Waals surface area contributed by atoms with E-state index in [0.29, 0.717) is 11.5 Å². The summed E-state index contributed by atoms with van der Waals surface area (Å²) in [6, 6.07) is 0. The van der Waals surface area contributed by atoms with Gasteiger partial charge >= 0.3 is 5.97 Å². The minimum atomic E-state index is -0.559. The van der Waals surface area contributed by atoms with Crippen molar-refractivity contribution in [1.29, 1.82) is 0 Å². The molecule has 0 aromatic carbocycles. The second-order valence-electron chi connectivity index (χ2n) is 6.13. The standard InChI is InChI=1S/C15H20O3/c1-8-5-4-6-10-7-11-12(9(2)14(17)18-11)13(16)15(8,10)3/h6,8,11-13,16H,2,4-5,7H2,1,3H3/t8?,11-,12-,13?,15+/m0/s1. The van der Waals surface area contributed by atoms with Gasteiger partial charge in [-0.05, 0) is 18.8 Å². The average molecular weight is 248 g/mol. The highest BCUT2D eigenvalue weighted by molar-refractivity contribution is 5.91. The lowest BCUT2D eigenvalue weighted by molar-refractivity contribution is -0.141. The lowest BCUT2D eigenvalue weighted by Gasteiger charge is -2.51. The van der Waals surface area contributed by atoms with Crippen LogP contribution in [0, 0.1) is 17.3 Å². The van der Waals surface area contributed by atoms with Gasteiger partial charge in [-0.1, -0.05) is 32.1 Å². The summed E-state index contributed by atoms with van der Waals surface area (Å²) >= 11 is 0. The SMILES string of the molecule is C=C1C(=O)O[C@H]2CC3=CCCC(C)[C@@]3(C)C(O)[C@@H]12. The van der Waals surface area contributed by atoms with Crippen molar-refractivity contribution in [2.24, 2.45) is 17.3 Å². The Morgan fingerprint density at radius 2 is 2.28 bits per heavy atom. The quantitative estimate of drug-likeness (QED) is 0.406. The summed E-state index contributed by atoms with van der Waals surface area (Å²) in [6.07, 6.45) is 4.38. The normalized spacial score (nSPS) is 47.2. The first-order valence-electron chi connectivity index (χ1n) is 6.73. The van der Waals surface area contributed by atoms with Crippen molar-refractivity contribution in [3.05, 3.63) is 23.8 Å². The van der Waals surface area contributed by atoms with Crippen LogP contribution in [0.15, 0.2) is 23.8 Å². The van der Waals surface area contributed by atoms with Crippen LogP contribution >= 0.6 is 0 Å². The summed E-state index contributed by atoms with van der Waals surface area (Å²) in [5.74, 6) is -0.128. The van der Waals surface area contributed by atoms with Gasteiger partial charge in [-0.2, -0.15) is 0 Å². The Bertz CT molecular complexity index is 451. The van der Waals surface area contributed by atoms with E-state index >= 15 is 0 Å². The summed E-state index contributed by atoms with van der Waals surface area (Å²) in [6.45, 7) is 8.13. The Morgan fingerprint density at radius 1 is 1.56 bits per heavy atom. The number of hydrogen-bond donors (Lipinski definition) is 1. The predicted octanol–water partition coefficient (Wildman–Crippen LogP) is 2.21. The lowest BCUT2D eigenvalue weighted by atomic mass is 9.55. The summed E-state index contributed by atoms with van der Waals surface area (Å²) in [7, 11) is 0. The highest BCUT2D eigenvalue weighted by Gasteiger charge is 2.57. The molecule has 0 bridgehead atoms. The molecule has 0 aromatic heterocycles. The van der Waals surface area contributed by atoms with Crippen LogP contribution in [0.25, 0.3) is 0 Å². The van der Waals surface area contributed by atoms with Crippen LogP contribution in [0.4, 0.5) is 0 Å². The number of fused-ring (bicyclic) bond motifs is 2. The Morgan fingerprint density at radius 3 is 3.00 bits per heavy atom. The van der Waals surface area contributed by atoms with Crippen molar-refractivity contribution < 1.29 is 14.6 Å². The molecule has 1 N–H and O–H groups in total. The molecule has 3 aliphatic rings. The molecule has 0 aromatic rings. The molecule has 0 radical (unpaired) electrons. The van der Waals surface area contributed by atoms with E-state index in [0.717, 1.165) is 19.3 Å². The van der Waals surface area contributed by atoms with Crippen molar-refractivity contribution in [3.63, 3.8) is 0 Å². The molecule has 3 rings (SSSR count). The van der Waals surface area contributed by atoms with E-state index < -0.39 is 6.10 Å². The molecule has 5 atom stereocenters. The van der Waals surface area contributed by atoms with Crippen LogP contribution in [0.5, 0.6) is 0 Å².